The number of hydrogen-bond donors (Lipinski definition) is 1. The van der Waals surface area contributed by atoms with E-state index in [9.17, 15) is 13.2 Å². The van der Waals surface area contributed by atoms with Gasteiger partial charge in [-0.1, -0.05) is 61.0 Å². The fourth-order valence-corrected chi connectivity index (χ4v) is 4.44. The average Bonchev–Trinajstić information content (AvgIpc) is 2.78. The van der Waals surface area contributed by atoms with Crippen LogP contribution in [-0.2, 0) is 10.0 Å². The Morgan fingerprint density at radius 1 is 0.967 bits per heavy atom. The predicted octanol–water partition coefficient (Wildman–Crippen LogP) is 4.70. The summed E-state index contributed by atoms with van der Waals surface area (Å²) in [6.45, 7) is 4.02. The molecule has 1 N–H and O–H groups in total. The Morgan fingerprint density at radius 2 is 1.63 bits per heavy atom. The van der Waals surface area contributed by atoms with Crippen LogP contribution in [0.3, 0.4) is 0 Å². The number of benzene rings is 3. The lowest BCUT2D eigenvalue weighted by molar-refractivity contribution is 0.0935. The number of carbonyl (C=O) groups excluding carboxylic acids is 1. The van der Waals surface area contributed by atoms with E-state index in [1.165, 1.54) is 23.5 Å². The van der Waals surface area contributed by atoms with Crippen LogP contribution in [0.5, 0.6) is 0 Å². The SMILES string of the molecule is CC[C@@H](NC(=O)c1cccc(S(=O)(=O)N(C)c2ccccc2)c1)c1ccc(C)cc1. The minimum absolute atomic E-state index is 0.0740. The smallest absolute Gasteiger partial charge is 0.264 e. The molecule has 0 heterocycles. The second-order valence-corrected chi connectivity index (χ2v) is 9.15. The summed E-state index contributed by atoms with van der Waals surface area (Å²) in [5.41, 5.74) is 3.03. The van der Waals surface area contributed by atoms with Gasteiger partial charge in [-0.3, -0.25) is 9.10 Å². The Kier molecular flexibility index (Phi) is 6.57. The molecule has 0 aliphatic heterocycles. The predicted molar refractivity (Wildman–Crippen MR) is 120 cm³/mol. The molecule has 0 aliphatic rings. The van der Waals surface area contributed by atoms with Gasteiger partial charge in [0.25, 0.3) is 15.9 Å². The van der Waals surface area contributed by atoms with Crippen LogP contribution < -0.4 is 9.62 Å². The fraction of sp³-hybridized carbons (Fsp3) is 0.208. The Morgan fingerprint density at radius 3 is 2.27 bits per heavy atom. The quantitative estimate of drug-likeness (QED) is 0.600. The van der Waals surface area contributed by atoms with E-state index in [2.05, 4.69) is 5.32 Å². The van der Waals surface area contributed by atoms with Gasteiger partial charge in [-0.15, -0.1) is 0 Å². The first-order chi connectivity index (χ1) is 14.3. The number of carbonyl (C=O) groups is 1. The molecule has 0 unspecified atom stereocenters. The summed E-state index contributed by atoms with van der Waals surface area (Å²) in [6, 6.07) is 22.8. The molecule has 3 aromatic rings. The maximum Gasteiger partial charge on any atom is 0.264 e. The molecule has 0 spiro atoms. The highest BCUT2D eigenvalue weighted by molar-refractivity contribution is 7.92. The van der Waals surface area contributed by atoms with Crippen molar-refractivity contribution in [2.24, 2.45) is 0 Å². The molecule has 6 heteroatoms. The molecule has 3 aromatic carbocycles. The average molecular weight is 423 g/mol. The number of rotatable bonds is 7. The second-order valence-electron chi connectivity index (χ2n) is 7.18. The van der Waals surface area contributed by atoms with Crippen molar-refractivity contribution in [3.8, 4) is 0 Å². The molecule has 30 heavy (non-hydrogen) atoms. The Balaban J connectivity index is 1.83. The van der Waals surface area contributed by atoms with Crippen molar-refractivity contribution >= 4 is 21.6 Å². The highest BCUT2D eigenvalue weighted by atomic mass is 32.2. The molecule has 0 fully saturated rings. The molecule has 0 saturated heterocycles. The third-order valence-corrected chi connectivity index (χ3v) is 6.85. The molecule has 0 radical (unpaired) electrons. The summed E-state index contributed by atoms with van der Waals surface area (Å²) in [4.78, 5) is 12.9. The van der Waals surface area contributed by atoms with Crippen LogP contribution in [0, 0.1) is 6.92 Å². The molecule has 156 valence electrons. The van der Waals surface area contributed by atoms with Gasteiger partial charge in [0.2, 0.25) is 0 Å². The number of sulfonamides is 1. The lowest BCUT2D eigenvalue weighted by atomic mass is 10.0. The molecule has 1 amide bonds. The van der Waals surface area contributed by atoms with Crippen molar-refractivity contribution in [2.45, 2.75) is 31.2 Å². The minimum atomic E-state index is -3.79. The van der Waals surface area contributed by atoms with Crippen molar-refractivity contribution in [3.05, 3.63) is 95.6 Å². The molecule has 0 saturated carbocycles. The number of nitrogens with one attached hydrogen (secondary N) is 1. The van der Waals surface area contributed by atoms with E-state index in [4.69, 9.17) is 0 Å². The normalized spacial score (nSPS) is 12.2. The van der Waals surface area contributed by atoms with Crippen LogP contribution in [0.4, 0.5) is 5.69 Å². The van der Waals surface area contributed by atoms with Crippen LogP contribution >= 0.6 is 0 Å². The number of nitrogens with zero attached hydrogens (tertiary/aromatic N) is 1. The van der Waals surface area contributed by atoms with Crippen LogP contribution in [-0.4, -0.2) is 21.4 Å². The first-order valence-electron chi connectivity index (χ1n) is 9.84. The van der Waals surface area contributed by atoms with Gasteiger partial charge in [0.1, 0.15) is 0 Å². The van der Waals surface area contributed by atoms with E-state index in [0.29, 0.717) is 11.3 Å². The zero-order valence-electron chi connectivity index (χ0n) is 17.4. The van der Waals surface area contributed by atoms with Crippen molar-refractivity contribution in [1.29, 1.82) is 0 Å². The highest BCUT2D eigenvalue weighted by Crippen LogP contribution is 2.23. The number of hydrogen-bond acceptors (Lipinski definition) is 3. The van der Waals surface area contributed by atoms with Gasteiger partial charge >= 0.3 is 0 Å². The van der Waals surface area contributed by atoms with Crippen molar-refractivity contribution in [2.75, 3.05) is 11.4 Å². The maximum absolute atomic E-state index is 13.0. The minimum Gasteiger partial charge on any atom is -0.345 e. The zero-order chi connectivity index (χ0) is 21.7. The van der Waals surface area contributed by atoms with Crippen LogP contribution in [0.25, 0.3) is 0 Å². The van der Waals surface area contributed by atoms with E-state index in [1.807, 2.05) is 44.2 Å². The monoisotopic (exact) mass is 422 g/mol. The third-order valence-electron chi connectivity index (χ3n) is 5.07. The van der Waals surface area contributed by atoms with Crippen molar-refractivity contribution in [3.63, 3.8) is 0 Å². The third kappa shape index (κ3) is 4.71. The van der Waals surface area contributed by atoms with Crippen LogP contribution in [0.2, 0.25) is 0 Å². The lowest BCUT2D eigenvalue weighted by Crippen LogP contribution is -2.29. The molecule has 3 rings (SSSR count). The number of anilines is 1. The van der Waals surface area contributed by atoms with E-state index in [-0.39, 0.29) is 16.8 Å². The summed E-state index contributed by atoms with van der Waals surface area (Å²) in [7, 11) is -2.28. The maximum atomic E-state index is 13.0. The van der Waals surface area contributed by atoms with Crippen LogP contribution in [0.15, 0.2) is 83.8 Å². The number of para-hydroxylation sites is 1. The van der Waals surface area contributed by atoms with Gasteiger partial charge in [-0.2, -0.15) is 0 Å². The van der Waals surface area contributed by atoms with E-state index in [0.717, 1.165) is 17.5 Å². The van der Waals surface area contributed by atoms with E-state index < -0.39 is 10.0 Å². The van der Waals surface area contributed by atoms with Gasteiger partial charge in [-0.25, -0.2) is 8.42 Å². The largest absolute Gasteiger partial charge is 0.345 e. The molecule has 0 aliphatic carbocycles. The summed E-state index contributed by atoms with van der Waals surface area (Å²) in [6.07, 6.45) is 0.726. The van der Waals surface area contributed by atoms with Crippen molar-refractivity contribution < 1.29 is 13.2 Å². The summed E-state index contributed by atoms with van der Waals surface area (Å²) in [5.74, 6) is -0.304. The molecular formula is C24H26N2O3S. The molecular weight excluding hydrogens is 396 g/mol. The summed E-state index contributed by atoms with van der Waals surface area (Å²) in [5, 5.41) is 3.01. The van der Waals surface area contributed by atoms with Gasteiger partial charge < -0.3 is 5.32 Å². The molecule has 0 aromatic heterocycles. The van der Waals surface area contributed by atoms with Gasteiger partial charge in [0, 0.05) is 12.6 Å². The zero-order valence-corrected chi connectivity index (χ0v) is 18.2. The summed E-state index contributed by atoms with van der Waals surface area (Å²) < 4.78 is 27.3. The summed E-state index contributed by atoms with van der Waals surface area (Å²) >= 11 is 0. The Labute approximate surface area is 178 Å². The molecule has 5 nitrogen and oxygen atoms in total. The van der Waals surface area contributed by atoms with Gasteiger partial charge in [0.05, 0.1) is 16.6 Å². The second kappa shape index (κ2) is 9.13. The fourth-order valence-electron chi connectivity index (χ4n) is 3.19. The Hall–Kier alpha value is -3.12. The van der Waals surface area contributed by atoms with Crippen molar-refractivity contribution in [1.82, 2.24) is 5.32 Å². The highest BCUT2D eigenvalue weighted by Gasteiger charge is 2.23. The first kappa shape index (κ1) is 21.6. The topological polar surface area (TPSA) is 66.5 Å². The van der Waals surface area contributed by atoms with E-state index >= 15 is 0 Å². The standard InChI is InChI=1S/C24H26N2O3S/c1-4-23(19-15-13-18(2)14-16-19)25-24(27)20-9-8-12-22(17-20)30(28,29)26(3)21-10-6-5-7-11-21/h5-17,23H,4H2,1-3H3,(H,25,27)/t23-/m1/s1. The molecule has 0 bridgehead atoms. The first-order valence-corrected chi connectivity index (χ1v) is 11.3. The van der Waals surface area contributed by atoms with Gasteiger partial charge in [-0.05, 0) is 49.2 Å². The number of amides is 1. The molecule has 1 atom stereocenters. The Bertz CT molecular complexity index is 1110. The lowest BCUT2D eigenvalue weighted by Gasteiger charge is -2.20. The van der Waals surface area contributed by atoms with Crippen LogP contribution in [0.1, 0.15) is 40.9 Å². The van der Waals surface area contributed by atoms with Gasteiger partial charge in [0.15, 0.2) is 0 Å². The number of aryl methyl sites for hydroxylation is 1. The van der Waals surface area contributed by atoms with E-state index in [1.54, 1.807) is 36.4 Å².